The zero-order chi connectivity index (χ0) is 96.8. The second-order valence-electron chi connectivity index (χ2n) is 35.0. The molecular formula is C114H122N10O16+2. The van der Waals surface area contributed by atoms with Crippen LogP contribution < -0.4 is 27.9 Å². The minimum atomic E-state index is 0.343. The number of nitrogens with one attached hydrogen (secondary N) is 4. The van der Waals surface area contributed by atoms with Gasteiger partial charge < -0.3 is 95.7 Å². The van der Waals surface area contributed by atoms with Crippen LogP contribution in [0.2, 0.25) is 0 Å². The summed E-state index contributed by atoms with van der Waals surface area (Å²) in [5.74, 6) is 16.7. The molecule has 4 N–H and O–H groups in total. The van der Waals surface area contributed by atoms with Crippen LogP contribution in [-0.4, -0.2) is 269 Å². The first-order valence-electron chi connectivity index (χ1n) is 47.3. The molecule has 4 aliphatic rings. The molecule has 0 saturated carbocycles. The van der Waals surface area contributed by atoms with E-state index in [1.165, 1.54) is 0 Å². The van der Waals surface area contributed by atoms with Crippen molar-refractivity contribution >= 4 is 104 Å². The summed E-state index contributed by atoms with van der Waals surface area (Å²) in [7, 11) is 19.6. The van der Waals surface area contributed by atoms with Gasteiger partial charge in [0.2, 0.25) is 0 Å². The maximum atomic E-state index is 6.28. The van der Waals surface area contributed by atoms with E-state index in [1.807, 2.05) is 72.8 Å². The quantitative estimate of drug-likeness (QED) is 0.0157. The van der Waals surface area contributed by atoms with E-state index in [4.69, 9.17) is 95.7 Å². The molecule has 16 bridgehead atoms. The number of hydrogen-bond donors (Lipinski definition) is 4. The van der Waals surface area contributed by atoms with Crippen molar-refractivity contribution in [2.45, 2.75) is 0 Å². The molecule has 12 aromatic rings. The highest BCUT2D eigenvalue weighted by atomic mass is 16.6. The van der Waals surface area contributed by atoms with Gasteiger partial charge in [-0.3, -0.25) is 8.97 Å². The number of rotatable bonds is 48. The summed E-state index contributed by atoms with van der Waals surface area (Å²) in [6.45, 7) is 10.6. The first-order valence-corrected chi connectivity index (χ1v) is 47.3. The molecule has 26 nitrogen and oxygen atoms in total. The number of quaternary nitrogens is 2. The van der Waals surface area contributed by atoms with E-state index in [2.05, 4.69) is 256 Å². The third kappa shape index (κ3) is 26.0. The Balaban J connectivity index is 0.863. The fraction of sp³-hybridized carbons (Fsp3) is 0.298. The largest absolute Gasteiger partial charge is 0.491 e. The maximum absolute atomic E-state index is 6.28. The first-order chi connectivity index (χ1) is 68.6. The van der Waals surface area contributed by atoms with E-state index >= 15 is 0 Å². The van der Waals surface area contributed by atoms with Crippen LogP contribution in [0.3, 0.4) is 0 Å². The van der Waals surface area contributed by atoms with Crippen molar-refractivity contribution < 1.29 is 75.8 Å². The summed E-state index contributed by atoms with van der Waals surface area (Å²) in [5.41, 5.74) is 26.0. The summed E-state index contributed by atoms with van der Waals surface area (Å²) >= 11 is 0. The molecule has 16 rings (SSSR count). The minimum absolute atomic E-state index is 0.343. The maximum Gasteiger partial charge on any atom is 0.132 e. The van der Waals surface area contributed by atoms with Gasteiger partial charge in [0, 0.05) is 94.9 Å². The zero-order valence-electron chi connectivity index (χ0n) is 81.3. The van der Waals surface area contributed by atoms with E-state index < -0.39 is 0 Å². The predicted molar refractivity (Wildman–Crippen MR) is 559 cm³/mol. The fourth-order valence-corrected chi connectivity index (χ4v) is 16.4. The molecule has 4 aliphatic heterocycles. The molecule has 6 aromatic carbocycles. The fourth-order valence-electron chi connectivity index (χ4n) is 16.4. The van der Waals surface area contributed by atoms with E-state index in [0.717, 1.165) is 134 Å². The smallest absolute Gasteiger partial charge is 0.132 e. The van der Waals surface area contributed by atoms with Crippen molar-refractivity contribution in [2.75, 3.05) is 229 Å². The van der Waals surface area contributed by atoms with Crippen LogP contribution in [0.4, 0.5) is 11.4 Å². The van der Waals surface area contributed by atoms with E-state index in [0.29, 0.717) is 235 Å². The summed E-state index contributed by atoms with van der Waals surface area (Å²) in [6, 6.07) is 66.6. The topological polar surface area (TPSA) is 262 Å². The second kappa shape index (κ2) is 49.2. The molecule has 6 aromatic heterocycles. The number of aromatic amines is 4. The van der Waals surface area contributed by atoms with Crippen LogP contribution in [0.25, 0.3) is 160 Å². The van der Waals surface area contributed by atoms with Crippen LogP contribution >= 0.6 is 0 Å². The van der Waals surface area contributed by atoms with Gasteiger partial charge in [-0.2, -0.15) is 0 Å². The Hall–Kier alpha value is -13.7. The molecule has 722 valence electrons. The van der Waals surface area contributed by atoms with Crippen molar-refractivity contribution in [3.8, 4) is 113 Å². The lowest BCUT2D eigenvalue weighted by Crippen LogP contribution is -2.34. The standard InChI is InChI=1S/C114H122N10O16/c1-123(2,3)85-27-15-79(16-28-85)109-101-47-51-105(119-101)111(81-19-31-87(32-20-81)137-75-71-133-67-63-129-59-55-125-7)97-43-39-93(115-97)91(94-40-44-98(116-94)112(106-52-48-102(109)120-106)82-21-33-88(34-22-82)138-76-72-134-68-64-130-60-56-126-8)13-11-12-14-92-95-41-45-99(117-95)113(83-23-35-89(36-24-83)139-77-73-135-69-65-131-61-57-127-9)107-53-49-103(121-107)110(80-17-29-86(30-18-80)124(4,5)6)104-50-54-108(122-104)114(100-46-42-96(92)118-100)84-25-37-90(38-26-84)140-78-74-136-70-66-132-62-58-128-10/h15-54,115,117,120,122H,55-78H2,1-10H3/q+2. The van der Waals surface area contributed by atoms with Gasteiger partial charge in [-0.15, -0.1) is 0 Å². The molecule has 10 heterocycles. The Morgan fingerprint density at radius 3 is 0.600 bits per heavy atom. The van der Waals surface area contributed by atoms with E-state index in [1.54, 1.807) is 28.4 Å². The van der Waals surface area contributed by atoms with Crippen LogP contribution in [0, 0.1) is 23.7 Å². The average molecular weight is 1890 g/mol. The van der Waals surface area contributed by atoms with Gasteiger partial charge in [-0.05, 0) is 251 Å². The third-order valence-corrected chi connectivity index (χ3v) is 23.6. The Labute approximate surface area is 817 Å². The van der Waals surface area contributed by atoms with Crippen LogP contribution in [0.5, 0.6) is 23.0 Å². The van der Waals surface area contributed by atoms with Gasteiger partial charge in [-0.1, -0.05) is 48.5 Å². The molecule has 140 heavy (non-hydrogen) atoms. The van der Waals surface area contributed by atoms with Gasteiger partial charge in [-0.25, -0.2) is 19.9 Å². The molecule has 0 spiro atoms. The third-order valence-electron chi connectivity index (χ3n) is 23.6. The Bertz CT molecular complexity index is 6310. The number of fused-ring (bicyclic) bond motifs is 16. The summed E-state index contributed by atoms with van der Waals surface area (Å²) in [5, 5.41) is 0. The molecule has 0 saturated heterocycles. The Morgan fingerprint density at radius 1 is 0.207 bits per heavy atom. The van der Waals surface area contributed by atoms with Crippen molar-refractivity contribution in [3.05, 3.63) is 251 Å². The predicted octanol–water partition coefficient (Wildman–Crippen LogP) is 19.7. The molecule has 26 heteroatoms. The highest BCUT2D eigenvalue weighted by molar-refractivity contribution is 6.01. The highest BCUT2D eigenvalue weighted by Crippen LogP contribution is 2.42. The van der Waals surface area contributed by atoms with Crippen LogP contribution in [0.1, 0.15) is 56.7 Å². The number of hydrogen-bond acceptors (Lipinski definition) is 20. The van der Waals surface area contributed by atoms with Crippen molar-refractivity contribution in [2.24, 2.45) is 0 Å². The number of benzene rings is 6. The molecule has 0 radical (unpaired) electrons. The van der Waals surface area contributed by atoms with Crippen LogP contribution in [0.15, 0.2) is 194 Å². The van der Waals surface area contributed by atoms with Gasteiger partial charge in [0.1, 0.15) is 60.8 Å². The number of ether oxygens (including phenoxy) is 16. The summed E-state index contributed by atoms with van der Waals surface area (Å²) < 4.78 is 92.8. The molecule has 0 unspecified atom stereocenters. The number of aromatic nitrogens is 8. The number of methoxy groups -OCH3 is 4. The molecular weight excluding hydrogens is 1770 g/mol. The van der Waals surface area contributed by atoms with Crippen LogP contribution in [-0.2, 0) is 56.8 Å². The second-order valence-corrected chi connectivity index (χ2v) is 35.0. The minimum Gasteiger partial charge on any atom is -0.491 e. The molecule has 0 atom stereocenters. The van der Waals surface area contributed by atoms with Crippen molar-refractivity contribution in [3.63, 3.8) is 0 Å². The number of H-pyrrole nitrogens is 4. The van der Waals surface area contributed by atoms with Gasteiger partial charge >= 0.3 is 0 Å². The lowest BCUT2D eigenvalue weighted by Gasteiger charge is -2.23. The lowest BCUT2D eigenvalue weighted by molar-refractivity contribution is 0.0180. The van der Waals surface area contributed by atoms with Gasteiger partial charge in [0.25, 0.3) is 0 Å². The van der Waals surface area contributed by atoms with Crippen molar-refractivity contribution in [1.82, 2.24) is 48.8 Å². The van der Waals surface area contributed by atoms with E-state index in [9.17, 15) is 0 Å². The molecule has 0 fully saturated rings. The highest BCUT2D eigenvalue weighted by Gasteiger charge is 2.25. The monoisotopic (exact) mass is 1890 g/mol. The van der Waals surface area contributed by atoms with Crippen molar-refractivity contribution in [1.29, 1.82) is 0 Å². The van der Waals surface area contributed by atoms with Gasteiger partial charge in [0.15, 0.2) is 0 Å². The summed E-state index contributed by atoms with van der Waals surface area (Å²) in [6.07, 6.45) is 16.5. The average Bonchev–Trinajstić information content (AvgIpc) is 1.61. The van der Waals surface area contributed by atoms with E-state index in [-0.39, 0.29) is 0 Å². The Morgan fingerprint density at radius 2 is 0.386 bits per heavy atom. The zero-order valence-corrected chi connectivity index (χ0v) is 81.3. The lowest BCUT2D eigenvalue weighted by atomic mass is 10.0. The normalized spacial score (nSPS) is 12.2. The SMILES string of the molecule is COCCOCCOCCOc1ccc(-c2c3nc(c(-c4ccc([N+](C)(C)C)cc4)c4ccc([nH]4)c(-c4ccc(OCCOCCOCCOC)cc4)c4nc(c(C#CC#Cc5c6nc(c(-c7ccc(OCCOCCOCCOC)cc7)c7ccc([nH]7)c(-c7ccc([N+](C)(C)C)cc7)c7nc(c(-c8ccc(OCCOCCOCCOC)cc8)c8ccc5[nH]8)C=C7)C=C6)c5ccc2[nH]5)C=C4)C=C3)cc1. The van der Waals surface area contributed by atoms with Gasteiger partial charge in [0.05, 0.1) is 242 Å². The molecule has 0 amide bonds. The Kier molecular flexibility index (Phi) is 34.9. The molecule has 0 aliphatic carbocycles. The summed E-state index contributed by atoms with van der Waals surface area (Å²) in [4.78, 5) is 38.2. The first kappa shape index (κ1) is 99.3. The number of nitrogens with zero attached hydrogens (tertiary/aromatic N) is 6.